The molecule has 2 aromatic carbocycles. The Labute approximate surface area is 171 Å². The molecule has 1 fully saturated rings. The van der Waals surface area contributed by atoms with E-state index in [1.807, 2.05) is 36.9 Å². The van der Waals surface area contributed by atoms with E-state index >= 15 is 0 Å². The Balaban J connectivity index is 1.52. The third-order valence-electron chi connectivity index (χ3n) is 5.78. The van der Waals surface area contributed by atoms with Gasteiger partial charge in [-0.05, 0) is 62.7 Å². The number of hydrogen-bond donors (Lipinski definition) is 0. The summed E-state index contributed by atoms with van der Waals surface area (Å²) < 4.78 is 15.3. The van der Waals surface area contributed by atoms with Crippen molar-refractivity contribution in [2.75, 3.05) is 31.1 Å². The Hall–Kier alpha value is -3.08. The van der Waals surface area contributed by atoms with Crippen molar-refractivity contribution in [1.82, 2.24) is 9.47 Å². The number of piperazine rings is 1. The van der Waals surface area contributed by atoms with Crippen LogP contribution in [0.3, 0.4) is 0 Å². The van der Waals surface area contributed by atoms with Gasteiger partial charge in [-0.3, -0.25) is 4.79 Å². The average molecular weight is 391 g/mol. The van der Waals surface area contributed by atoms with Gasteiger partial charge < -0.3 is 14.4 Å². The predicted octanol–water partition coefficient (Wildman–Crippen LogP) is 4.50. The first kappa shape index (κ1) is 19.2. The highest BCUT2D eigenvalue weighted by Gasteiger charge is 2.25. The minimum absolute atomic E-state index is 0.0803. The molecule has 1 aliphatic rings. The summed E-state index contributed by atoms with van der Waals surface area (Å²) in [7, 11) is 0. The van der Waals surface area contributed by atoms with Crippen molar-refractivity contribution in [2.45, 2.75) is 20.8 Å². The fourth-order valence-electron chi connectivity index (χ4n) is 4.15. The van der Waals surface area contributed by atoms with Gasteiger partial charge in [-0.1, -0.05) is 18.2 Å². The third-order valence-corrected chi connectivity index (χ3v) is 5.78. The molecule has 0 saturated carbocycles. The lowest BCUT2D eigenvalue weighted by Crippen LogP contribution is -2.48. The highest BCUT2D eigenvalue weighted by atomic mass is 19.1. The highest BCUT2D eigenvalue weighted by molar-refractivity contribution is 5.96. The van der Waals surface area contributed by atoms with Gasteiger partial charge in [0.1, 0.15) is 5.82 Å². The van der Waals surface area contributed by atoms with Gasteiger partial charge >= 0.3 is 0 Å². The van der Waals surface area contributed by atoms with E-state index in [4.69, 9.17) is 0 Å². The molecule has 1 aromatic heterocycles. The molecule has 1 amide bonds. The minimum atomic E-state index is -0.230. The standard InChI is InChI=1S/C24H26FN3O/c1-17-6-4-5-7-23(17)28-18(2)16-22(19(28)3)24(29)27-14-12-26(13-15-27)21-10-8-20(25)9-11-21/h4-11,16H,12-15H2,1-3H3. The fraction of sp³-hybridized carbons (Fsp3) is 0.292. The molecule has 3 aromatic rings. The van der Waals surface area contributed by atoms with Crippen LogP contribution in [0.25, 0.3) is 5.69 Å². The molecular formula is C24H26FN3O. The molecule has 1 aliphatic heterocycles. The van der Waals surface area contributed by atoms with Crippen molar-refractivity contribution < 1.29 is 9.18 Å². The van der Waals surface area contributed by atoms with E-state index < -0.39 is 0 Å². The maximum absolute atomic E-state index is 13.2. The molecule has 4 rings (SSSR count). The molecule has 0 bridgehead atoms. The van der Waals surface area contributed by atoms with Gasteiger partial charge in [-0.2, -0.15) is 0 Å². The zero-order valence-corrected chi connectivity index (χ0v) is 17.2. The second-order valence-electron chi connectivity index (χ2n) is 7.66. The quantitative estimate of drug-likeness (QED) is 0.657. The minimum Gasteiger partial charge on any atom is -0.368 e. The molecule has 1 saturated heterocycles. The maximum Gasteiger partial charge on any atom is 0.255 e. The second kappa shape index (κ2) is 7.74. The molecule has 0 spiro atoms. The van der Waals surface area contributed by atoms with Gasteiger partial charge in [0.2, 0.25) is 0 Å². The summed E-state index contributed by atoms with van der Waals surface area (Å²) in [6.07, 6.45) is 0. The summed E-state index contributed by atoms with van der Waals surface area (Å²) in [5.74, 6) is -0.150. The summed E-state index contributed by atoms with van der Waals surface area (Å²) in [5.41, 5.74) is 6.09. The normalized spacial score (nSPS) is 14.3. The number of aryl methyl sites for hydroxylation is 2. The lowest BCUT2D eigenvalue weighted by atomic mass is 10.1. The first-order valence-corrected chi connectivity index (χ1v) is 10.0. The van der Waals surface area contributed by atoms with Crippen LogP contribution in [0.5, 0.6) is 0 Å². The first-order chi connectivity index (χ1) is 14.0. The molecule has 0 aliphatic carbocycles. The number of halogens is 1. The molecule has 4 nitrogen and oxygen atoms in total. The molecule has 0 radical (unpaired) electrons. The van der Waals surface area contributed by atoms with Crippen LogP contribution in [-0.4, -0.2) is 41.6 Å². The number of aromatic nitrogens is 1. The Morgan fingerprint density at radius 2 is 1.55 bits per heavy atom. The number of carbonyl (C=O) groups is 1. The second-order valence-corrected chi connectivity index (χ2v) is 7.66. The summed E-state index contributed by atoms with van der Waals surface area (Å²) in [4.78, 5) is 17.3. The monoisotopic (exact) mass is 391 g/mol. The van der Waals surface area contributed by atoms with E-state index in [1.165, 1.54) is 17.7 Å². The summed E-state index contributed by atoms with van der Waals surface area (Å²) in [5, 5.41) is 0. The molecule has 0 atom stereocenters. The zero-order valence-electron chi connectivity index (χ0n) is 17.2. The van der Waals surface area contributed by atoms with E-state index in [1.54, 1.807) is 12.1 Å². The molecule has 0 N–H and O–H groups in total. The van der Waals surface area contributed by atoms with Crippen molar-refractivity contribution >= 4 is 11.6 Å². The predicted molar refractivity (Wildman–Crippen MR) is 114 cm³/mol. The van der Waals surface area contributed by atoms with Crippen LogP contribution in [0.2, 0.25) is 0 Å². The third kappa shape index (κ3) is 3.65. The lowest BCUT2D eigenvalue weighted by molar-refractivity contribution is 0.0746. The number of rotatable bonds is 3. The van der Waals surface area contributed by atoms with Crippen LogP contribution in [0.15, 0.2) is 54.6 Å². The summed E-state index contributed by atoms with van der Waals surface area (Å²) in [6.45, 7) is 8.95. The van der Waals surface area contributed by atoms with Gasteiger partial charge in [0, 0.05) is 48.9 Å². The van der Waals surface area contributed by atoms with E-state index in [9.17, 15) is 9.18 Å². The molecule has 2 heterocycles. The average Bonchev–Trinajstić information content (AvgIpc) is 3.03. The Morgan fingerprint density at radius 1 is 0.897 bits per heavy atom. The van der Waals surface area contributed by atoms with Gasteiger partial charge in [0.05, 0.1) is 5.56 Å². The van der Waals surface area contributed by atoms with E-state index in [0.717, 1.165) is 41.4 Å². The van der Waals surface area contributed by atoms with E-state index in [2.05, 4.69) is 28.5 Å². The fourth-order valence-corrected chi connectivity index (χ4v) is 4.15. The van der Waals surface area contributed by atoms with Gasteiger partial charge in [-0.15, -0.1) is 0 Å². The van der Waals surface area contributed by atoms with Crippen LogP contribution in [0.1, 0.15) is 27.3 Å². The van der Waals surface area contributed by atoms with Crippen molar-refractivity contribution in [3.8, 4) is 5.69 Å². The number of benzene rings is 2. The van der Waals surface area contributed by atoms with E-state index in [-0.39, 0.29) is 11.7 Å². The van der Waals surface area contributed by atoms with Crippen molar-refractivity contribution in [1.29, 1.82) is 0 Å². The van der Waals surface area contributed by atoms with E-state index in [0.29, 0.717) is 13.1 Å². The Morgan fingerprint density at radius 3 is 2.21 bits per heavy atom. The largest absolute Gasteiger partial charge is 0.368 e. The summed E-state index contributed by atoms with van der Waals surface area (Å²) >= 11 is 0. The van der Waals surface area contributed by atoms with Crippen molar-refractivity contribution in [3.63, 3.8) is 0 Å². The van der Waals surface area contributed by atoms with Crippen LogP contribution >= 0.6 is 0 Å². The lowest BCUT2D eigenvalue weighted by Gasteiger charge is -2.36. The van der Waals surface area contributed by atoms with Crippen LogP contribution in [0.4, 0.5) is 10.1 Å². The van der Waals surface area contributed by atoms with Gasteiger partial charge in [0.15, 0.2) is 0 Å². The molecular weight excluding hydrogens is 365 g/mol. The topological polar surface area (TPSA) is 28.5 Å². The van der Waals surface area contributed by atoms with Crippen LogP contribution in [0, 0.1) is 26.6 Å². The maximum atomic E-state index is 13.2. The number of carbonyl (C=O) groups excluding carboxylic acids is 1. The van der Waals surface area contributed by atoms with Gasteiger partial charge in [-0.25, -0.2) is 4.39 Å². The number of anilines is 1. The molecule has 0 unspecified atom stereocenters. The molecule has 150 valence electrons. The summed E-state index contributed by atoms with van der Waals surface area (Å²) in [6, 6.07) is 16.8. The van der Waals surface area contributed by atoms with Gasteiger partial charge in [0.25, 0.3) is 5.91 Å². The smallest absolute Gasteiger partial charge is 0.255 e. The van der Waals surface area contributed by atoms with Crippen LogP contribution < -0.4 is 4.90 Å². The number of amides is 1. The number of nitrogens with zero attached hydrogens (tertiary/aromatic N) is 3. The zero-order chi connectivity index (χ0) is 20.5. The molecule has 29 heavy (non-hydrogen) atoms. The number of hydrogen-bond acceptors (Lipinski definition) is 2. The first-order valence-electron chi connectivity index (χ1n) is 10.0. The Bertz CT molecular complexity index is 1030. The highest BCUT2D eigenvalue weighted by Crippen LogP contribution is 2.25. The number of para-hydroxylation sites is 1. The SMILES string of the molecule is Cc1ccccc1-n1c(C)cc(C(=O)N2CCN(c3ccc(F)cc3)CC2)c1C. The van der Waals surface area contributed by atoms with Crippen molar-refractivity contribution in [2.24, 2.45) is 0 Å². The molecule has 5 heteroatoms. The van der Waals surface area contributed by atoms with Crippen molar-refractivity contribution in [3.05, 3.63) is 82.9 Å². The Kier molecular flexibility index (Phi) is 5.14. The van der Waals surface area contributed by atoms with Crippen LogP contribution in [-0.2, 0) is 0 Å².